The zero-order valence-corrected chi connectivity index (χ0v) is 13.5. The van der Waals surface area contributed by atoms with Gasteiger partial charge in [0.25, 0.3) is 5.91 Å². The van der Waals surface area contributed by atoms with E-state index in [2.05, 4.69) is 23.1 Å². The molecular formula is C19H18N4O. The number of carbonyl (C=O) groups excluding carboxylic acids is 1. The van der Waals surface area contributed by atoms with Crippen LogP contribution in [0.3, 0.4) is 0 Å². The Balaban J connectivity index is 1.56. The van der Waals surface area contributed by atoms with Gasteiger partial charge in [-0.1, -0.05) is 30.3 Å². The maximum Gasteiger partial charge on any atom is 0.258 e. The lowest BCUT2D eigenvalue weighted by molar-refractivity contribution is 0.0981. The normalized spacial score (nSPS) is 16.2. The van der Waals surface area contributed by atoms with Crippen LogP contribution in [0.1, 0.15) is 28.4 Å². The highest BCUT2D eigenvalue weighted by Gasteiger charge is 2.31. The van der Waals surface area contributed by atoms with Crippen LogP contribution in [-0.2, 0) is 13.0 Å². The number of benzene rings is 2. The molecule has 2 aromatic carbocycles. The summed E-state index contributed by atoms with van der Waals surface area (Å²) in [7, 11) is 0. The van der Waals surface area contributed by atoms with Crippen molar-refractivity contribution in [1.82, 2.24) is 14.8 Å². The van der Waals surface area contributed by atoms with Gasteiger partial charge in [-0.2, -0.15) is 5.10 Å². The van der Waals surface area contributed by atoms with Crippen molar-refractivity contribution in [3.63, 3.8) is 0 Å². The molecule has 1 unspecified atom stereocenters. The van der Waals surface area contributed by atoms with Crippen molar-refractivity contribution >= 4 is 11.6 Å². The fraction of sp³-hybridized carbons (Fsp3) is 0.211. The number of fused-ring (bicyclic) bond motifs is 1. The molecule has 3 aromatic rings. The van der Waals surface area contributed by atoms with E-state index in [-0.39, 0.29) is 11.9 Å². The van der Waals surface area contributed by atoms with Crippen molar-refractivity contribution in [2.24, 2.45) is 0 Å². The molecule has 5 heteroatoms. The molecule has 0 aliphatic carbocycles. The predicted octanol–water partition coefficient (Wildman–Crippen LogP) is 2.92. The fourth-order valence-electron chi connectivity index (χ4n) is 3.27. The molecule has 5 nitrogen and oxygen atoms in total. The summed E-state index contributed by atoms with van der Waals surface area (Å²) >= 11 is 0. The molecule has 0 saturated carbocycles. The predicted molar refractivity (Wildman–Crippen MR) is 92.0 cm³/mol. The third-order valence-corrected chi connectivity index (χ3v) is 4.44. The van der Waals surface area contributed by atoms with Crippen LogP contribution in [-0.4, -0.2) is 26.7 Å². The zero-order chi connectivity index (χ0) is 16.5. The van der Waals surface area contributed by atoms with Crippen LogP contribution in [0, 0.1) is 0 Å². The summed E-state index contributed by atoms with van der Waals surface area (Å²) in [6.45, 7) is 2.74. The number of hydrogen-bond acceptors (Lipinski definition) is 3. The van der Waals surface area contributed by atoms with E-state index >= 15 is 0 Å². The van der Waals surface area contributed by atoms with Crippen LogP contribution in [0.2, 0.25) is 0 Å². The van der Waals surface area contributed by atoms with Crippen molar-refractivity contribution < 1.29 is 4.79 Å². The Labute approximate surface area is 140 Å². The first-order valence-corrected chi connectivity index (χ1v) is 8.05. The second-order valence-electron chi connectivity index (χ2n) is 6.15. The Bertz CT molecular complexity index is 855. The molecule has 0 spiro atoms. The van der Waals surface area contributed by atoms with Gasteiger partial charge in [0.05, 0.1) is 6.54 Å². The smallest absolute Gasteiger partial charge is 0.258 e. The molecule has 120 valence electrons. The maximum atomic E-state index is 12.9. The Kier molecular flexibility index (Phi) is 3.61. The molecular weight excluding hydrogens is 300 g/mol. The van der Waals surface area contributed by atoms with Gasteiger partial charge in [-0.3, -0.25) is 4.79 Å². The van der Waals surface area contributed by atoms with E-state index in [9.17, 15) is 4.79 Å². The number of para-hydroxylation sites is 1. The Morgan fingerprint density at radius 1 is 1.17 bits per heavy atom. The maximum absolute atomic E-state index is 12.9. The molecule has 0 bridgehead atoms. The molecule has 0 N–H and O–H groups in total. The second kappa shape index (κ2) is 5.92. The number of hydrogen-bond donors (Lipinski definition) is 0. The van der Waals surface area contributed by atoms with Gasteiger partial charge in [0.15, 0.2) is 0 Å². The van der Waals surface area contributed by atoms with Crippen molar-refractivity contribution in [1.29, 1.82) is 0 Å². The summed E-state index contributed by atoms with van der Waals surface area (Å²) < 4.78 is 1.76. The van der Waals surface area contributed by atoms with Crippen molar-refractivity contribution in [3.8, 4) is 0 Å². The minimum absolute atomic E-state index is 0.0553. The average molecular weight is 318 g/mol. The summed E-state index contributed by atoms with van der Waals surface area (Å²) in [5.41, 5.74) is 4.07. The fourth-order valence-corrected chi connectivity index (χ4v) is 3.27. The molecule has 0 fully saturated rings. The third kappa shape index (κ3) is 2.58. The first kappa shape index (κ1) is 14.6. The van der Waals surface area contributed by atoms with Crippen molar-refractivity contribution in [2.75, 3.05) is 4.90 Å². The number of nitrogens with zero attached hydrogens (tertiary/aromatic N) is 4. The third-order valence-electron chi connectivity index (χ3n) is 4.44. The second-order valence-corrected chi connectivity index (χ2v) is 6.15. The highest BCUT2D eigenvalue weighted by Crippen LogP contribution is 2.33. The molecule has 1 aliphatic rings. The quantitative estimate of drug-likeness (QED) is 0.746. The summed E-state index contributed by atoms with van der Waals surface area (Å²) in [6.07, 6.45) is 4.11. The average Bonchev–Trinajstić information content (AvgIpc) is 3.21. The van der Waals surface area contributed by atoms with Crippen molar-refractivity contribution in [2.45, 2.75) is 25.9 Å². The summed E-state index contributed by atoms with van der Waals surface area (Å²) in [6, 6.07) is 16.0. The SMILES string of the molecule is CC1Cc2ccccc2N1C(=O)c1ccc(Cn2cncn2)cc1. The Morgan fingerprint density at radius 3 is 2.71 bits per heavy atom. The van der Waals surface area contributed by atoms with Crippen LogP contribution in [0.5, 0.6) is 0 Å². The molecule has 0 saturated heterocycles. The van der Waals surface area contributed by atoms with Gasteiger partial charge in [0.1, 0.15) is 12.7 Å². The van der Waals surface area contributed by atoms with Gasteiger partial charge in [-0.05, 0) is 42.7 Å². The van der Waals surface area contributed by atoms with Gasteiger partial charge in [-0.15, -0.1) is 0 Å². The van der Waals surface area contributed by atoms with Crippen LogP contribution in [0.4, 0.5) is 5.69 Å². The number of aromatic nitrogens is 3. The van der Waals surface area contributed by atoms with E-state index in [1.165, 1.54) is 11.9 Å². The Hall–Kier alpha value is -2.95. The van der Waals surface area contributed by atoms with Gasteiger partial charge < -0.3 is 4.90 Å². The summed E-state index contributed by atoms with van der Waals surface area (Å²) in [5.74, 6) is 0.0553. The lowest BCUT2D eigenvalue weighted by Gasteiger charge is -2.23. The summed E-state index contributed by atoms with van der Waals surface area (Å²) in [4.78, 5) is 18.8. The number of anilines is 1. The van der Waals surface area contributed by atoms with E-state index in [0.717, 1.165) is 17.7 Å². The zero-order valence-electron chi connectivity index (χ0n) is 13.5. The molecule has 2 heterocycles. The molecule has 0 radical (unpaired) electrons. The van der Waals surface area contributed by atoms with Crippen LogP contribution >= 0.6 is 0 Å². The van der Waals surface area contributed by atoms with Crippen molar-refractivity contribution in [3.05, 3.63) is 77.9 Å². The van der Waals surface area contributed by atoms with Crippen LogP contribution in [0.25, 0.3) is 0 Å². The van der Waals surface area contributed by atoms with Gasteiger partial charge in [0.2, 0.25) is 0 Å². The first-order valence-electron chi connectivity index (χ1n) is 8.05. The molecule has 1 amide bonds. The number of carbonyl (C=O) groups is 1. The van der Waals surface area contributed by atoms with Crippen LogP contribution in [0.15, 0.2) is 61.2 Å². The van der Waals surface area contributed by atoms with E-state index < -0.39 is 0 Å². The van der Waals surface area contributed by atoms with E-state index in [4.69, 9.17) is 0 Å². The number of amides is 1. The highest BCUT2D eigenvalue weighted by molar-refractivity contribution is 6.07. The highest BCUT2D eigenvalue weighted by atomic mass is 16.2. The van der Waals surface area contributed by atoms with E-state index in [0.29, 0.717) is 12.1 Å². The Morgan fingerprint density at radius 2 is 1.96 bits per heavy atom. The van der Waals surface area contributed by atoms with E-state index in [1.54, 1.807) is 11.0 Å². The van der Waals surface area contributed by atoms with Crippen LogP contribution < -0.4 is 4.90 Å². The van der Waals surface area contributed by atoms with Gasteiger partial charge in [-0.25, -0.2) is 9.67 Å². The number of rotatable bonds is 3. The van der Waals surface area contributed by atoms with Gasteiger partial charge >= 0.3 is 0 Å². The minimum atomic E-state index is 0.0553. The first-order chi connectivity index (χ1) is 11.7. The molecule has 4 rings (SSSR count). The topological polar surface area (TPSA) is 51.0 Å². The lowest BCUT2D eigenvalue weighted by Crippen LogP contribution is -2.35. The monoisotopic (exact) mass is 318 g/mol. The standard InChI is InChI=1S/C19H18N4O/c1-14-10-17-4-2-3-5-18(17)23(14)19(24)16-8-6-15(7-9-16)11-22-13-20-12-21-22/h2-9,12-14H,10-11H2,1H3. The molecule has 1 aromatic heterocycles. The summed E-state index contributed by atoms with van der Waals surface area (Å²) in [5, 5.41) is 4.10. The molecule has 1 atom stereocenters. The lowest BCUT2D eigenvalue weighted by atomic mass is 10.1. The minimum Gasteiger partial charge on any atom is -0.305 e. The largest absolute Gasteiger partial charge is 0.305 e. The molecule has 24 heavy (non-hydrogen) atoms. The van der Waals surface area contributed by atoms with E-state index in [1.807, 2.05) is 47.4 Å². The molecule has 1 aliphatic heterocycles. The van der Waals surface area contributed by atoms with Gasteiger partial charge in [0, 0.05) is 17.3 Å².